The molecular weight excluding hydrogens is 296 g/mol. The number of ketones is 1. The number of benzene rings is 1. The minimum Gasteiger partial charge on any atom is -0.342 e. The first-order valence-electron chi connectivity index (χ1n) is 6.74. The largest absolute Gasteiger partial charge is 0.342 e. The predicted octanol–water partition coefficient (Wildman–Crippen LogP) is 3.13. The monoisotopic (exact) mass is 310 g/mol. The van der Waals surface area contributed by atoms with Crippen LogP contribution in [0.15, 0.2) is 54.6 Å². The molecule has 3 rings (SSSR count). The van der Waals surface area contributed by atoms with Gasteiger partial charge in [-0.2, -0.15) is 0 Å². The maximum atomic E-state index is 12.3. The summed E-state index contributed by atoms with van der Waals surface area (Å²) < 4.78 is 0. The van der Waals surface area contributed by atoms with E-state index in [9.17, 15) is 4.79 Å². The summed E-state index contributed by atoms with van der Waals surface area (Å²) in [5.41, 5.74) is 2.46. The molecule has 0 aliphatic heterocycles. The molecule has 6 heteroatoms. The summed E-state index contributed by atoms with van der Waals surface area (Å²) >= 11 is 1.49. The lowest BCUT2D eigenvalue weighted by atomic mass is 10.1. The van der Waals surface area contributed by atoms with Crippen molar-refractivity contribution in [2.75, 3.05) is 11.9 Å². The van der Waals surface area contributed by atoms with Crippen LogP contribution in [0, 0.1) is 0 Å². The molecule has 0 saturated heterocycles. The van der Waals surface area contributed by atoms with Gasteiger partial charge in [0, 0.05) is 29.9 Å². The van der Waals surface area contributed by atoms with E-state index in [1.165, 1.54) is 17.7 Å². The number of hydrogen-bond donors (Lipinski definition) is 0. The van der Waals surface area contributed by atoms with Crippen molar-refractivity contribution in [1.82, 2.24) is 15.0 Å². The van der Waals surface area contributed by atoms with Gasteiger partial charge >= 0.3 is 0 Å². The topological polar surface area (TPSA) is 59.0 Å². The average Bonchev–Trinajstić information content (AvgIpc) is 3.08. The number of carbonyl (C=O) groups is 1. The number of rotatable bonds is 5. The molecule has 0 spiro atoms. The summed E-state index contributed by atoms with van der Waals surface area (Å²) in [6.07, 6.45) is 7.01. The number of hydrogen-bond acceptors (Lipinski definition) is 6. The number of Topliss-reactive ketones (excluding diaryl/α,β-unsaturated/α-hetero) is 1. The van der Waals surface area contributed by atoms with Crippen LogP contribution in [0.5, 0.6) is 0 Å². The van der Waals surface area contributed by atoms with Crippen molar-refractivity contribution in [3.8, 4) is 0 Å². The lowest BCUT2D eigenvalue weighted by molar-refractivity contribution is 0.0993. The zero-order valence-corrected chi connectivity index (χ0v) is 12.8. The third-order valence-electron chi connectivity index (χ3n) is 3.28. The zero-order chi connectivity index (χ0) is 15.4. The number of carbonyl (C=O) groups excluding carboxylic acids is 1. The Hall–Kier alpha value is -2.60. The molecule has 0 saturated carbocycles. The van der Waals surface area contributed by atoms with Crippen molar-refractivity contribution >= 4 is 28.5 Å². The molecule has 0 radical (unpaired) electrons. The van der Waals surface area contributed by atoms with E-state index in [-0.39, 0.29) is 5.78 Å². The fourth-order valence-electron chi connectivity index (χ4n) is 2.08. The minimum atomic E-state index is 0.0644. The van der Waals surface area contributed by atoms with E-state index in [2.05, 4.69) is 15.0 Å². The highest BCUT2D eigenvalue weighted by molar-refractivity contribution is 7.09. The molecular formula is C16H14N4OS. The van der Waals surface area contributed by atoms with Crippen molar-refractivity contribution in [2.24, 2.45) is 0 Å². The van der Waals surface area contributed by atoms with Gasteiger partial charge < -0.3 is 4.90 Å². The molecule has 110 valence electrons. The van der Waals surface area contributed by atoms with Crippen LogP contribution in [0.1, 0.15) is 15.4 Å². The van der Waals surface area contributed by atoms with Crippen molar-refractivity contribution in [2.45, 2.75) is 6.42 Å². The lowest BCUT2D eigenvalue weighted by Gasteiger charge is -2.19. The Balaban J connectivity index is 1.82. The zero-order valence-electron chi connectivity index (χ0n) is 12.0. The molecule has 0 atom stereocenters. The lowest BCUT2D eigenvalue weighted by Crippen LogP contribution is -2.11. The highest BCUT2D eigenvalue weighted by Crippen LogP contribution is 2.23. The van der Waals surface area contributed by atoms with Crippen LogP contribution >= 0.6 is 11.3 Å². The van der Waals surface area contributed by atoms with Crippen LogP contribution in [-0.4, -0.2) is 27.8 Å². The van der Waals surface area contributed by atoms with Gasteiger partial charge in [-0.1, -0.05) is 12.1 Å². The fourth-order valence-corrected chi connectivity index (χ4v) is 2.70. The predicted molar refractivity (Wildman–Crippen MR) is 86.7 cm³/mol. The molecule has 1 aromatic carbocycles. The SMILES string of the molecule is CN(c1cncnc1)c1cccc(C(=O)Cc2nccs2)c1. The van der Waals surface area contributed by atoms with Gasteiger partial charge in [-0.05, 0) is 12.1 Å². The van der Waals surface area contributed by atoms with Gasteiger partial charge in [0.1, 0.15) is 11.3 Å². The molecule has 0 unspecified atom stereocenters. The normalized spacial score (nSPS) is 10.4. The van der Waals surface area contributed by atoms with Crippen LogP contribution in [0.4, 0.5) is 11.4 Å². The van der Waals surface area contributed by atoms with E-state index in [0.29, 0.717) is 12.0 Å². The van der Waals surface area contributed by atoms with E-state index < -0.39 is 0 Å². The average molecular weight is 310 g/mol. The highest BCUT2D eigenvalue weighted by atomic mass is 32.1. The van der Waals surface area contributed by atoms with Gasteiger partial charge in [-0.25, -0.2) is 15.0 Å². The van der Waals surface area contributed by atoms with E-state index >= 15 is 0 Å². The summed E-state index contributed by atoms with van der Waals surface area (Å²) in [7, 11) is 1.92. The van der Waals surface area contributed by atoms with Gasteiger partial charge in [-0.15, -0.1) is 11.3 Å². The second-order valence-corrected chi connectivity index (χ2v) is 5.71. The second kappa shape index (κ2) is 6.44. The Kier molecular flexibility index (Phi) is 4.20. The number of aromatic nitrogens is 3. The molecule has 0 amide bonds. The minimum absolute atomic E-state index is 0.0644. The van der Waals surface area contributed by atoms with Gasteiger partial charge in [-0.3, -0.25) is 4.79 Å². The van der Waals surface area contributed by atoms with Crippen LogP contribution < -0.4 is 4.90 Å². The molecule has 2 aromatic heterocycles. The Bertz CT molecular complexity index is 759. The van der Waals surface area contributed by atoms with Crippen molar-refractivity contribution in [3.05, 3.63) is 65.1 Å². The van der Waals surface area contributed by atoms with E-state index in [1.807, 2.05) is 41.6 Å². The molecule has 5 nitrogen and oxygen atoms in total. The maximum Gasteiger partial charge on any atom is 0.169 e. The first-order valence-corrected chi connectivity index (χ1v) is 7.62. The first-order chi connectivity index (χ1) is 10.7. The summed E-state index contributed by atoms with van der Waals surface area (Å²) in [6, 6.07) is 7.54. The van der Waals surface area contributed by atoms with E-state index in [4.69, 9.17) is 0 Å². The Morgan fingerprint density at radius 1 is 1.23 bits per heavy atom. The van der Waals surface area contributed by atoms with Crippen molar-refractivity contribution < 1.29 is 4.79 Å². The second-order valence-electron chi connectivity index (χ2n) is 4.73. The summed E-state index contributed by atoms with van der Waals surface area (Å²) in [6.45, 7) is 0. The third-order valence-corrected chi connectivity index (χ3v) is 4.06. The summed E-state index contributed by atoms with van der Waals surface area (Å²) in [4.78, 5) is 26.5. The maximum absolute atomic E-state index is 12.3. The van der Waals surface area contributed by atoms with Crippen LogP contribution in [0.3, 0.4) is 0 Å². The fraction of sp³-hybridized carbons (Fsp3) is 0.125. The summed E-state index contributed by atoms with van der Waals surface area (Å²) in [5, 5.41) is 2.71. The molecule has 22 heavy (non-hydrogen) atoms. The first kappa shape index (κ1) is 14.3. The van der Waals surface area contributed by atoms with Crippen molar-refractivity contribution in [1.29, 1.82) is 0 Å². The molecule has 0 aliphatic rings. The van der Waals surface area contributed by atoms with Crippen LogP contribution in [0.2, 0.25) is 0 Å². The Labute approximate surface area is 132 Å². The van der Waals surface area contributed by atoms with E-state index in [0.717, 1.165) is 16.4 Å². The van der Waals surface area contributed by atoms with Crippen LogP contribution in [0.25, 0.3) is 0 Å². The highest BCUT2D eigenvalue weighted by Gasteiger charge is 2.11. The molecule has 0 aliphatic carbocycles. The van der Waals surface area contributed by atoms with Crippen molar-refractivity contribution in [3.63, 3.8) is 0 Å². The number of anilines is 2. The third kappa shape index (κ3) is 3.17. The molecule has 0 bridgehead atoms. The summed E-state index contributed by atoms with van der Waals surface area (Å²) in [5.74, 6) is 0.0644. The Morgan fingerprint density at radius 3 is 2.77 bits per heavy atom. The smallest absolute Gasteiger partial charge is 0.169 e. The quantitative estimate of drug-likeness (QED) is 0.678. The van der Waals surface area contributed by atoms with Gasteiger partial charge in [0.05, 0.1) is 24.5 Å². The molecule has 3 aromatic rings. The standard InChI is InChI=1S/C16H14N4OS/c1-20(14-9-17-11-18-10-14)13-4-2-3-12(7-13)15(21)8-16-19-5-6-22-16/h2-7,9-11H,8H2,1H3. The molecule has 0 N–H and O–H groups in total. The van der Waals surface area contributed by atoms with E-state index in [1.54, 1.807) is 18.6 Å². The molecule has 0 fully saturated rings. The van der Waals surface area contributed by atoms with Gasteiger partial charge in [0.25, 0.3) is 0 Å². The van der Waals surface area contributed by atoms with Gasteiger partial charge in [0.2, 0.25) is 0 Å². The van der Waals surface area contributed by atoms with Gasteiger partial charge in [0.15, 0.2) is 5.78 Å². The number of nitrogens with zero attached hydrogens (tertiary/aromatic N) is 4. The van der Waals surface area contributed by atoms with Crippen LogP contribution in [-0.2, 0) is 6.42 Å². The molecule has 2 heterocycles. The number of thiazole rings is 1. The Morgan fingerprint density at radius 2 is 2.05 bits per heavy atom.